The van der Waals surface area contributed by atoms with E-state index < -0.39 is 11.9 Å². The van der Waals surface area contributed by atoms with Gasteiger partial charge in [0.05, 0.1) is 54.7 Å². The zero-order valence-electron chi connectivity index (χ0n) is 48.9. The smallest absolute Gasteiger partial charge is 0.330 e. The first-order chi connectivity index (χ1) is 41.0. The number of benzene rings is 4. The van der Waals surface area contributed by atoms with Crippen LogP contribution in [0.3, 0.4) is 0 Å². The van der Waals surface area contributed by atoms with Crippen LogP contribution >= 0.6 is 11.3 Å². The Balaban J connectivity index is 0.911. The summed E-state index contributed by atoms with van der Waals surface area (Å²) in [5.41, 5.74) is 3.15. The van der Waals surface area contributed by atoms with E-state index >= 15 is 0 Å². The first-order valence-corrected chi connectivity index (χ1v) is 31.1. The van der Waals surface area contributed by atoms with Crippen molar-refractivity contribution >= 4 is 68.3 Å². The molecule has 1 aromatic heterocycles. The summed E-state index contributed by atoms with van der Waals surface area (Å²) < 4.78 is 34.9. The zero-order valence-corrected chi connectivity index (χ0v) is 49.7. The monoisotopic (exact) mass is 1170 g/mol. The number of rotatable bonds is 36. The molecule has 0 radical (unpaired) electrons. The second kappa shape index (κ2) is 35.0. The van der Waals surface area contributed by atoms with Gasteiger partial charge in [0.2, 0.25) is 5.13 Å². The predicted octanol–water partition coefficient (Wildman–Crippen LogP) is 14.1. The standard InChI is InChI=1S/C68H83N3O12S/c1-4-7-8-15-40-71(68-70-59-20-13-14-21-63(59)84-68)69-48-55-45-50(47-61(73)52-25-29-53(30-26-52)66(76)82-58-37-35-57(36-38-58)79-42-17-10-12-19-44-81-65(75)6-3)24-39-62(55)83-67(77)54-31-27-51(28-32-54)60(72)46-49-22-33-56(34-23-49)78-41-16-9-11-18-43-80-64(74)5-2/h5-6,13-14,20-24,33-39,45,48,51-54H,2-4,7-12,15-19,25-32,40-44,46-47H2,1H3/b69-48+. The zero-order chi connectivity index (χ0) is 59.3. The van der Waals surface area contributed by atoms with Gasteiger partial charge in [-0.3, -0.25) is 19.2 Å². The number of esters is 4. The van der Waals surface area contributed by atoms with Gasteiger partial charge in [-0.1, -0.05) is 81.0 Å². The van der Waals surface area contributed by atoms with Crippen LogP contribution in [0.2, 0.25) is 0 Å². The third kappa shape index (κ3) is 21.3. The summed E-state index contributed by atoms with van der Waals surface area (Å²) in [6.45, 7) is 11.5. The number of ether oxygens (including phenoxy) is 6. The topological polar surface area (TPSA) is 186 Å². The van der Waals surface area contributed by atoms with Crippen LogP contribution < -0.4 is 24.0 Å². The molecule has 2 fully saturated rings. The second-order valence-corrected chi connectivity index (χ2v) is 22.9. The summed E-state index contributed by atoms with van der Waals surface area (Å²) >= 11 is 1.57. The molecule has 2 aliphatic carbocycles. The van der Waals surface area contributed by atoms with Gasteiger partial charge in [0.25, 0.3) is 0 Å². The van der Waals surface area contributed by atoms with Crippen molar-refractivity contribution in [3.8, 4) is 23.0 Å². The van der Waals surface area contributed by atoms with E-state index in [0.717, 1.165) is 115 Å². The van der Waals surface area contributed by atoms with Gasteiger partial charge in [0, 0.05) is 48.9 Å². The number of carbonyl (C=O) groups excluding carboxylic acids is 6. The molecule has 0 N–H and O–H groups in total. The number of unbranched alkanes of at least 4 members (excludes halogenated alkanes) is 9. The molecule has 448 valence electrons. The van der Waals surface area contributed by atoms with Gasteiger partial charge in [-0.2, -0.15) is 5.10 Å². The number of ketones is 2. The van der Waals surface area contributed by atoms with Gasteiger partial charge < -0.3 is 28.4 Å². The summed E-state index contributed by atoms with van der Waals surface area (Å²) in [7, 11) is 0. The van der Waals surface area contributed by atoms with E-state index in [-0.39, 0.29) is 53.6 Å². The van der Waals surface area contributed by atoms with Crippen molar-refractivity contribution in [3.63, 3.8) is 0 Å². The predicted molar refractivity (Wildman–Crippen MR) is 328 cm³/mol. The first-order valence-electron chi connectivity index (χ1n) is 30.3. The lowest BCUT2D eigenvalue weighted by Crippen LogP contribution is -2.29. The molecule has 0 atom stereocenters. The van der Waals surface area contributed by atoms with Crippen LogP contribution in [0.4, 0.5) is 5.13 Å². The summed E-state index contributed by atoms with van der Waals surface area (Å²) in [4.78, 5) is 82.1. The average Bonchev–Trinajstić information content (AvgIpc) is 3.86. The summed E-state index contributed by atoms with van der Waals surface area (Å²) in [6.07, 6.45) is 20.3. The average molecular weight is 1170 g/mol. The fourth-order valence-corrected chi connectivity index (χ4v) is 11.5. The summed E-state index contributed by atoms with van der Waals surface area (Å²) in [5, 5.41) is 7.68. The first kappa shape index (κ1) is 64.1. The minimum atomic E-state index is -0.406. The molecule has 0 spiro atoms. The number of hydrazone groups is 1. The number of aromatic nitrogens is 1. The van der Waals surface area contributed by atoms with E-state index in [2.05, 4.69) is 20.1 Å². The Kier molecular flexibility index (Phi) is 26.7. The van der Waals surface area contributed by atoms with Crippen molar-refractivity contribution in [2.45, 2.75) is 148 Å². The Morgan fingerprint density at radius 1 is 0.560 bits per heavy atom. The highest BCUT2D eigenvalue weighted by Crippen LogP contribution is 2.35. The fraction of sp³-hybridized carbons (Fsp3) is 0.471. The van der Waals surface area contributed by atoms with E-state index in [0.29, 0.717) is 114 Å². The maximum absolute atomic E-state index is 14.0. The lowest BCUT2D eigenvalue weighted by Gasteiger charge is -2.27. The molecule has 0 unspecified atom stereocenters. The maximum Gasteiger partial charge on any atom is 0.330 e. The van der Waals surface area contributed by atoms with Crippen molar-refractivity contribution in [3.05, 3.63) is 133 Å². The molecule has 15 nitrogen and oxygen atoms in total. The Bertz CT molecular complexity index is 2920. The molecule has 4 aromatic carbocycles. The molecule has 5 aromatic rings. The van der Waals surface area contributed by atoms with E-state index in [9.17, 15) is 28.8 Å². The minimum Gasteiger partial charge on any atom is -0.494 e. The molecular weight excluding hydrogens is 1080 g/mol. The van der Waals surface area contributed by atoms with Crippen LogP contribution in [0.25, 0.3) is 10.2 Å². The third-order valence-electron chi connectivity index (χ3n) is 15.5. The van der Waals surface area contributed by atoms with Crippen LogP contribution in [-0.4, -0.2) is 79.6 Å². The van der Waals surface area contributed by atoms with Gasteiger partial charge in [0.1, 0.15) is 34.6 Å². The molecule has 0 bridgehead atoms. The van der Waals surface area contributed by atoms with Crippen LogP contribution in [0.1, 0.15) is 152 Å². The molecular formula is C68H83N3O12S. The number of carbonyl (C=O) groups is 6. The molecule has 7 rings (SSSR count). The lowest BCUT2D eigenvalue weighted by molar-refractivity contribution is -0.141. The number of fused-ring (bicyclic) bond motifs is 1. The maximum atomic E-state index is 14.0. The number of para-hydroxylation sites is 1. The Morgan fingerprint density at radius 3 is 1.61 bits per heavy atom. The van der Waals surface area contributed by atoms with E-state index in [4.69, 9.17) is 38.5 Å². The summed E-state index contributed by atoms with van der Waals surface area (Å²) in [5.74, 6) is -0.0376. The summed E-state index contributed by atoms with van der Waals surface area (Å²) in [6, 6.07) is 28.2. The lowest BCUT2D eigenvalue weighted by atomic mass is 9.79. The molecule has 2 aliphatic rings. The van der Waals surface area contributed by atoms with Crippen LogP contribution in [0.15, 0.2) is 121 Å². The Labute approximate surface area is 499 Å². The molecule has 16 heteroatoms. The fourth-order valence-electron chi connectivity index (χ4n) is 10.5. The van der Waals surface area contributed by atoms with Gasteiger partial charge in [-0.25, -0.2) is 19.6 Å². The van der Waals surface area contributed by atoms with Crippen LogP contribution in [0.5, 0.6) is 23.0 Å². The van der Waals surface area contributed by atoms with Crippen LogP contribution in [-0.2, 0) is 51.1 Å². The van der Waals surface area contributed by atoms with Crippen molar-refractivity contribution < 1.29 is 57.2 Å². The van der Waals surface area contributed by atoms with Crippen molar-refractivity contribution in [1.82, 2.24) is 4.98 Å². The number of hydrogen-bond acceptors (Lipinski definition) is 16. The van der Waals surface area contributed by atoms with Crippen LogP contribution in [0, 0.1) is 23.7 Å². The SMILES string of the molecule is C=CC(=O)OCCCCCCOc1ccc(CC(=O)C2CCC(C(=O)Oc3ccc(CC(=O)C4CCC(C(=O)Oc5ccc(OCCCCCCOC(=O)C=C)cc5)CC4)cc3/C=N/N(CCCCCC)c3nc4ccccc4s3)CC2)cc1. The second-order valence-electron chi connectivity index (χ2n) is 21.9. The molecule has 2 saturated carbocycles. The molecule has 0 saturated heterocycles. The molecule has 1 heterocycles. The van der Waals surface area contributed by atoms with E-state index in [1.165, 1.54) is 6.08 Å². The van der Waals surface area contributed by atoms with E-state index in [1.54, 1.807) is 47.9 Å². The molecule has 0 amide bonds. The van der Waals surface area contributed by atoms with Gasteiger partial charge in [-0.15, -0.1) is 0 Å². The van der Waals surface area contributed by atoms with Gasteiger partial charge >= 0.3 is 23.9 Å². The van der Waals surface area contributed by atoms with Gasteiger partial charge in [0.15, 0.2) is 0 Å². The minimum absolute atomic E-state index is 0.0880. The number of Topliss-reactive ketones (excluding diaryl/α,β-unsaturated/α-hetero) is 2. The molecule has 84 heavy (non-hydrogen) atoms. The Hall–Kier alpha value is -7.46. The highest BCUT2D eigenvalue weighted by atomic mass is 32.1. The Morgan fingerprint density at radius 2 is 1.05 bits per heavy atom. The molecule has 0 aliphatic heterocycles. The van der Waals surface area contributed by atoms with E-state index in [1.807, 2.05) is 65.7 Å². The van der Waals surface area contributed by atoms with Gasteiger partial charge in [-0.05, 0) is 181 Å². The normalized spacial score (nSPS) is 16.8. The van der Waals surface area contributed by atoms with Crippen molar-refractivity contribution in [2.24, 2.45) is 28.8 Å². The van der Waals surface area contributed by atoms with Crippen molar-refractivity contribution in [2.75, 3.05) is 38.0 Å². The van der Waals surface area contributed by atoms with Crippen molar-refractivity contribution in [1.29, 1.82) is 0 Å². The largest absolute Gasteiger partial charge is 0.494 e. The highest BCUT2D eigenvalue weighted by molar-refractivity contribution is 7.22. The quantitative estimate of drug-likeness (QED) is 0.00920. The number of nitrogens with zero attached hydrogens (tertiary/aromatic N) is 3. The highest BCUT2D eigenvalue weighted by Gasteiger charge is 2.33. The number of anilines is 1. The third-order valence-corrected chi connectivity index (χ3v) is 16.6. The number of thiazole rings is 1. The number of hydrogen-bond donors (Lipinski definition) is 0.